The number of carbonyl (C=O) groups is 4. The van der Waals surface area contributed by atoms with Crippen molar-refractivity contribution in [2.45, 2.75) is 13.0 Å². The second-order valence-electron chi connectivity index (χ2n) is 7.79. The summed E-state index contributed by atoms with van der Waals surface area (Å²) in [6, 6.07) is 16.6. The van der Waals surface area contributed by atoms with Crippen molar-refractivity contribution in [1.82, 2.24) is 20.4 Å². The van der Waals surface area contributed by atoms with E-state index < -0.39 is 23.9 Å². The molecule has 2 aromatic rings. The first kappa shape index (κ1) is 23.9. The fourth-order valence-electron chi connectivity index (χ4n) is 3.54. The highest BCUT2D eigenvalue weighted by Crippen LogP contribution is 2.09. The Balaban J connectivity index is 1.37. The number of hydrogen-bond donors (Lipinski definition) is 4. The van der Waals surface area contributed by atoms with Crippen LogP contribution in [0.1, 0.15) is 6.92 Å². The molecule has 1 unspecified atom stereocenters. The number of benzene rings is 2. The van der Waals surface area contributed by atoms with E-state index in [0.717, 1.165) is 0 Å². The number of carbonyl (C=O) groups excluding carboxylic acids is 4. The summed E-state index contributed by atoms with van der Waals surface area (Å²) in [6.07, 6.45) is 0. The van der Waals surface area contributed by atoms with Crippen LogP contribution in [0.3, 0.4) is 0 Å². The van der Waals surface area contributed by atoms with Crippen LogP contribution in [0.15, 0.2) is 60.7 Å². The first-order chi connectivity index (χ1) is 15.9. The number of nitrogens with one attached hydrogen (secondary N) is 4. The molecule has 0 aromatic heterocycles. The lowest BCUT2D eigenvalue weighted by atomic mass is 10.2. The van der Waals surface area contributed by atoms with E-state index >= 15 is 0 Å². The highest BCUT2D eigenvalue weighted by Gasteiger charge is 2.27. The van der Waals surface area contributed by atoms with Gasteiger partial charge in [-0.3, -0.25) is 30.0 Å². The second-order valence-corrected chi connectivity index (χ2v) is 7.79. The molecule has 3 rings (SSSR count). The summed E-state index contributed by atoms with van der Waals surface area (Å²) < 4.78 is 0. The van der Waals surface area contributed by atoms with Gasteiger partial charge < -0.3 is 10.6 Å². The Hall–Kier alpha value is -3.76. The van der Waals surface area contributed by atoms with Gasteiger partial charge in [0.1, 0.15) is 0 Å². The van der Waals surface area contributed by atoms with Gasteiger partial charge >= 0.3 is 12.1 Å². The molecule has 0 bridgehead atoms. The average Bonchev–Trinajstić information content (AvgIpc) is 2.76. The van der Waals surface area contributed by atoms with E-state index in [9.17, 15) is 19.2 Å². The zero-order valence-electron chi connectivity index (χ0n) is 18.4. The van der Waals surface area contributed by atoms with Crippen LogP contribution in [-0.4, -0.2) is 72.4 Å². The third-order valence-corrected chi connectivity index (χ3v) is 5.13. The molecule has 1 fully saturated rings. The highest BCUT2D eigenvalue weighted by atomic mass is 16.2. The van der Waals surface area contributed by atoms with Gasteiger partial charge in [-0.05, 0) is 31.2 Å². The van der Waals surface area contributed by atoms with Gasteiger partial charge in [-0.2, -0.15) is 0 Å². The summed E-state index contributed by atoms with van der Waals surface area (Å²) in [5.41, 5.74) is 1.20. The van der Waals surface area contributed by atoms with Gasteiger partial charge in [-0.15, -0.1) is 0 Å². The van der Waals surface area contributed by atoms with E-state index in [1.54, 1.807) is 48.5 Å². The maximum Gasteiger partial charge on any atom is 0.325 e. The molecule has 6 amide bonds. The number of piperazine rings is 1. The molecule has 1 aliphatic heterocycles. The molecular weight excluding hydrogens is 424 g/mol. The van der Waals surface area contributed by atoms with E-state index in [0.29, 0.717) is 31.0 Å². The van der Waals surface area contributed by atoms with Crippen LogP contribution in [0.4, 0.5) is 21.0 Å². The van der Waals surface area contributed by atoms with Gasteiger partial charge in [0.2, 0.25) is 11.8 Å². The number of rotatable bonds is 6. The maximum absolute atomic E-state index is 12.3. The third kappa shape index (κ3) is 8.02. The largest absolute Gasteiger partial charge is 0.325 e. The monoisotopic (exact) mass is 452 g/mol. The molecule has 0 spiro atoms. The molecule has 0 saturated carbocycles. The molecule has 10 heteroatoms. The van der Waals surface area contributed by atoms with Crippen LogP contribution >= 0.6 is 0 Å². The molecule has 1 heterocycles. The van der Waals surface area contributed by atoms with E-state index in [1.165, 1.54) is 0 Å². The van der Waals surface area contributed by atoms with Crippen molar-refractivity contribution >= 4 is 35.3 Å². The Labute approximate surface area is 192 Å². The van der Waals surface area contributed by atoms with Crippen molar-refractivity contribution in [3.8, 4) is 0 Å². The van der Waals surface area contributed by atoms with Crippen molar-refractivity contribution in [2.24, 2.45) is 0 Å². The Bertz CT molecular complexity index is 969. The number of hydrogen-bond acceptors (Lipinski definition) is 6. The van der Waals surface area contributed by atoms with Gasteiger partial charge in [-0.25, -0.2) is 9.59 Å². The maximum atomic E-state index is 12.3. The van der Waals surface area contributed by atoms with Crippen LogP contribution in [0.2, 0.25) is 0 Å². The van der Waals surface area contributed by atoms with Crippen LogP contribution < -0.4 is 21.3 Å². The van der Waals surface area contributed by atoms with Crippen molar-refractivity contribution in [1.29, 1.82) is 0 Å². The number of imide groups is 2. The van der Waals surface area contributed by atoms with Crippen LogP contribution in [-0.2, 0) is 9.59 Å². The lowest BCUT2D eigenvalue weighted by molar-refractivity contribution is -0.124. The lowest BCUT2D eigenvalue weighted by Crippen LogP contribution is -2.56. The number of urea groups is 2. The summed E-state index contributed by atoms with van der Waals surface area (Å²) in [5, 5.41) is 9.86. The highest BCUT2D eigenvalue weighted by molar-refractivity contribution is 6.02. The standard InChI is InChI=1S/C23H28N6O4/c1-17-14-28(15-20(30)26-22(32)24-18-8-4-2-5-9-18)12-13-29(17)16-21(31)27-23(33)25-19-10-6-3-7-11-19/h2-11,17H,12-16H2,1H3,(H2,24,26,30,32)(H2,25,27,31,33). The van der Waals surface area contributed by atoms with Crippen molar-refractivity contribution < 1.29 is 19.2 Å². The summed E-state index contributed by atoms with van der Waals surface area (Å²) in [4.78, 5) is 52.3. The van der Waals surface area contributed by atoms with E-state index in [-0.39, 0.29) is 19.1 Å². The summed E-state index contributed by atoms with van der Waals surface area (Å²) in [7, 11) is 0. The third-order valence-electron chi connectivity index (χ3n) is 5.13. The Morgan fingerprint density at radius 1 is 0.758 bits per heavy atom. The number of amides is 6. The molecule has 0 aliphatic carbocycles. The normalized spacial score (nSPS) is 16.5. The number of para-hydroxylation sites is 2. The lowest BCUT2D eigenvalue weighted by Gasteiger charge is -2.39. The first-order valence-corrected chi connectivity index (χ1v) is 10.7. The molecule has 1 atom stereocenters. The Morgan fingerprint density at radius 2 is 1.24 bits per heavy atom. The quantitative estimate of drug-likeness (QED) is 0.529. The van der Waals surface area contributed by atoms with Gasteiger partial charge in [-0.1, -0.05) is 36.4 Å². The summed E-state index contributed by atoms with van der Waals surface area (Å²) in [5.74, 6) is -0.807. The minimum atomic E-state index is -0.581. The van der Waals surface area contributed by atoms with Crippen LogP contribution in [0.5, 0.6) is 0 Å². The SMILES string of the molecule is CC1CN(CC(=O)NC(=O)Nc2ccccc2)CCN1CC(=O)NC(=O)Nc1ccccc1. The first-order valence-electron chi connectivity index (χ1n) is 10.7. The predicted molar refractivity (Wildman–Crippen MR) is 125 cm³/mol. The second kappa shape index (κ2) is 11.7. The zero-order chi connectivity index (χ0) is 23.6. The molecule has 0 radical (unpaired) electrons. The van der Waals surface area contributed by atoms with E-state index in [2.05, 4.69) is 21.3 Å². The predicted octanol–water partition coefficient (Wildman–Crippen LogP) is 1.69. The van der Waals surface area contributed by atoms with E-state index in [1.807, 2.05) is 28.9 Å². The van der Waals surface area contributed by atoms with Gasteiger partial charge in [0.15, 0.2) is 0 Å². The fourth-order valence-corrected chi connectivity index (χ4v) is 3.54. The molecule has 174 valence electrons. The van der Waals surface area contributed by atoms with Crippen molar-refractivity contribution in [2.75, 3.05) is 43.4 Å². The molecule has 4 N–H and O–H groups in total. The average molecular weight is 453 g/mol. The molecule has 1 saturated heterocycles. The van der Waals surface area contributed by atoms with Crippen LogP contribution in [0, 0.1) is 0 Å². The molecule has 33 heavy (non-hydrogen) atoms. The smallest absolute Gasteiger partial charge is 0.308 e. The van der Waals surface area contributed by atoms with E-state index in [4.69, 9.17) is 0 Å². The fraction of sp³-hybridized carbons (Fsp3) is 0.304. The Kier molecular flexibility index (Phi) is 8.50. The van der Waals surface area contributed by atoms with Gasteiger partial charge in [0.05, 0.1) is 13.1 Å². The summed E-state index contributed by atoms with van der Waals surface area (Å²) >= 11 is 0. The summed E-state index contributed by atoms with van der Waals surface area (Å²) in [6.45, 7) is 3.76. The topological polar surface area (TPSA) is 123 Å². The van der Waals surface area contributed by atoms with Gasteiger partial charge in [0.25, 0.3) is 0 Å². The Morgan fingerprint density at radius 3 is 1.73 bits per heavy atom. The van der Waals surface area contributed by atoms with Gasteiger partial charge in [0, 0.05) is 37.1 Å². The molecular formula is C23H28N6O4. The molecule has 1 aliphatic rings. The minimum absolute atomic E-state index is 0.00682. The van der Waals surface area contributed by atoms with Crippen molar-refractivity contribution in [3.05, 3.63) is 60.7 Å². The van der Waals surface area contributed by atoms with Crippen molar-refractivity contribution in [3.63, 3.8) is 0 Å². The zero-order valence-corrected chi connectivity index (χ0v) is 18.4. The molecule has 10 nitrogen and oxygen atoms in total. The molecule has 2 aromatic carbocycles. The van der Waals surface area contributed by atoms with Crippen LogP contribution in [0.25, 0.3) is 0 Å². The number of nitrogens with zero attached hydrogens (tertiary/aromatic N) is 2. The number of anilines is 2. The minimum Gasteiger partial charge on any atom is -0.308 e.